The average molecular weight is 489 g/mol. The maximum absolute atomic E-state index is 14.4. The van der Waals surface area contributed by atoms with Crippen LogP contribution in [-0.2, 0) is 18.0 Å². The summed E-state index contributed by atoms with van der Waals surface area (Å²) >= 11 is 5.57. The summed E-state index contributed by atoms with van der Waals surface area (Å²) < 4.78 is 70.2. The summed E-state index contributed by atoms with van der Waals surface area (Å²) in [5, 5.41) is 1.53. The zero-order valence-electron chi connectivity index (χ0n) is 16.9. The standard InChI is InChI=1S/C19H14ClF5N6O2/c1-29-7-27-16-15(29)8(19(23,24)25)5-12(28-16)31-11(6-26-18(31)33)17(32)30(2)10-4-3-9(21)13(20)14(10)22/h3-5,7,11H,6H2,1-2H3,(H,26,33). The van der Waals surface area contributed by atoms with Gasteiger partial charge in [-0.05, 0) is 18.2 Å². The number of aromatic nitrogens is 3. The molecule has 33 heavy (non-hydrogen) atoms. The van der Waals surface area contributed by atoms with Crippen molar-refractivity contribution in [2.75, 3.05) is 23.4 Å². The monoisotopic (exact) mass is 488 g/mol. The molecular weight excluding hydrogens is 475 g/mol. The number of aryl methyl sites for hydroxylation is 1. The van der Waals surface area contributed by atoms with Gasteiger partial charge in [-0.3, -0.25) is 9.69 Å². The zero-order valence-corrected chi connectivity index (χ0v) is 17.7. The number of likely N-dealkylation sites (N-methyl/N-ethyl adjacent to an activating group) is 1. The number of fused-ring (bicyclic) bond motifs is 1. The number of imidazole rings is 1. The van der Waals surface area contributed by atoms with E-state index < -0.39 is 52.2 Å². The van der Waals surface area contributed by atoms with Gasteiger partial charge in [0.15, 0.2) is 11.5 Å². The third kappa shape index (κ3) is 3.71. The fourth-order valence-corrected chi connectivity index (χ4v) is 3.73. The number of urea groups is 1. The van der Waals surface area contributed by atoms with Crippen LogP contribution in [0.3, 0.4) is 0 Å². The molecule has 1 unspecified atom stereocenters. The summed E-state index contributed by atoms with van der Waals surface area (Å²) in [6.45, 7) is -0.290. The van der Waals surface area contributed by atoms with Gasteiger partial charge in [-0.25, -0.2) is 23.5 Å². The van der Waals surface area contributed by atoms with Gasteiger partial charge >= 0.3 is 12.2 Å². The van der Waals surface area contributed by atoms with Crippen molar-refractivity contribution in [2.24, 2.45) is 7.05 Å². The van der Waals surface area contributed by atoms with Crippen LogP contribution in [-0.4, -0.2) is 46.1 Å². The minimum atomic E-state index is -4.80. The summed E-state index contributed by atoms with van der Waals surface area (Å²) in [6, 6.07) is 0.218. The van der Waals surface area contributed by atoms with Gasteiger partial charge in [0.2, 0.25) is 0 Å². The number of benzene rings is 1. The van der Waals surface area contributed by atoms with Crippen LogP contribution in [0.5, 0.6) is 0 Å². The molecule has 1 atom stereocenters. The van der Waals surface area contributed by atoms with Crippen molar-refractivity contribution < 1.29 is 31.5 Å². The molecule has 1 aliphatic heterocycles. The second kappa shape index (κ2) is 7.83. The van der Waals surface area contributed by atoms with Crippen molar-refractivity contribution in [2.45, 2.75) is 12.2 Å². The van der Waals surface area contributed by atoms with Crippen LogP contribution in [0.2, 0.25) is 5.02 Å². The van der Waals surface area contributed by atoms with E-state index in [1.54, 1.807) is 0 Å². The first-order valence-electron chi connectivity index (χ1n) is 9.29. The summed E-state index contributed by atoms with van der Waals surface area (Å²) in [5.74, 6) is -3.58. The minimum absolute atomic E-state index is 0.280. The van der Waals surface area contributed by atoms with E-state index in [2.05, 4.69) is 15.3 Å². The fraction of sp³-hybridized carbons (Fsp3) is 0.263. The van der Waals surface area contributed by atoms with Gasteiger partial charge in [0.1, 0.15) is 22.7 Å². The molecule has 0 spiro atoms. The van der Waals surface area contributed by atoms with Crippen LogP contribution >= 0.6 is 11.6 Å². The average Bonchev–Trinajstić information content (AvgIpc) is 3.32. The van der Waals surface area contributed by atoms with E-state index in [4.69, 9.17) is 11.6 Å². The van der Waals surface area contributed by atoms with E-state index in [1.165, 1.54) is 7.05 Å². The van der Waals surface area contributed by atoms with Crippen LogP contribution in [0.4, 0.5) is 38.3 Å². The first-order chi connectivity index (χ1) is 15.4. The first kappa shape index (κ1) is 22.7. The Labute approximate surface area is 187 Å². The second-order valence-electron chi connectivity index (χ2n) is 7.22. The van der Waals surface area contributed by atoms with Gasteiger partial charge in [0, 0.05) is 20.6 Å². The minimum Gasteiger partial charge on any atom is -0.335 e. The quantitative estimate of drug-likeness (QED) is 0.452. The number of hydrogen-bond donors (Lipinski definition) is 1. The molecule has 2 aromatic heterocycles. The van der Waals surface area contributed by atoms with Crippen molar-refractivity contribution in [3.63, 3.8) is 0 Å². The highest BCUT2D eigenvalue weighted by Gasteiger charge is 2.42. The molecule has 1 aliphatic rings. The molecule has 3 heterocycles. The maximum atomic E-state index is 14.4. The topological polar surface area (TPSA) is 83.4 Å². The molecule has 0 aliphatic carbocycles. The van der Waals surface area contributed by atoms with Crippen molar-refractivity contribution >= 4 is 46.2 Å². The molecule has 1 saturated heterocycles. The molecule has 1 N–H and O–H groups in total. The third-order valence-electron chi connectivity index (χ3n) is 5.19. The summed E-state index contributed by atoms with van der Waals surface area (Å²) in [7, 11) is 2.52. The van der Waals surface area contributed by atoms with Crippen molar-refractivity contribution in [3.05, 3.63) is 46.7 Å². The number of anilines is 2. The second-order valence-corrected chi connectivity index (χ2v) is 7.60. The van der Waals surface area contributed by atoms with Gasteiger partial charge in [-0.15, -0.1) is 0 Å². The van der Waals surface area contributed by atoms with Crippen LogP contribution in [0.15, 0.2) is 24.5 Å². The summed E-state index contributed by atoms with van der Waals surface area (Å²) in [4.78, 5) is 35.0. The van der Waals surface area contributed by atoms with Crippen molar-refractivity contribution in [3.8, 4) is 0 Å². The molecule has 1 fully saturated rings. The number of nitrogens with zero attached hydrogens (tertiary/aromatic N) is 5. The lowest BCUT2D eigenvalue weighted by Gasteiger charge is -2.27. The molecule has 1 aromatic carbocycles. The van der Waals surface area contributed by atoms with Gasteiger partial charge in [0.25, 0.3) is 5.91 Å². The number of alkyl halides is 3. The number of carbonyl (C=O) groups excluding carboxylic acids is 2. The van der Waals surface area contributed by atoms with Gasteiger partial charge < -0.3 is 14.8 Å². The van der Waals surface area contributed by atoms with Crippen molar-refractivity contribution in [1.29, 1.82) is 0 Å². The fourth-order valence-electron chi connectivity index (χ4n) is 3.57. The van der Waals surface area contributed by atoms with Crippen LogP contribution < -0.4 is 15.1 Å². The molecular formula is C19H14ClF5N6O2. The van der Waals surface area contributed by atoms with Crippen LogP contribution in [0, 0.1) is 11.6 Å². The molecule has 174 valence electrons. The van der Waals surface area contributed by atoms with Crippen LogP contribution in [0.25, 0.3) is 11.2 Å². The molecule has 0 bridgehead atoms. The first-order valence-corrected chi connectivity index (χ1v) is 9.67. The molecule has 0 saturated carbocycles. The molecule has 3 aromatic rings. The van der Waals surface area contributed by atoms with E-state index in [0.717, 1.165) is 39.9 Å². The summed E-state index contributed by atoms with van der Waals surface area (Å²) in [6.07, 6.45) is -3.66. The number of rotatable bonds is 3. The maximum Gasteiger partial charge on any atom is 0.418 e. The Bertz CT molecular complexity index is 1290. The highest BCUT2D eigenvalue weighted by Crippen LogP contribution is 2.37. The lowest BCUT2D eigenvalue weighted by Crippen LogP contribution is -2.47. The number of amides is 3. The van der Waals surface area contributed by atoms with E-state index in [-0.39, 0.29) is 23.4 Å². The van der Waals surface area contributed by atoms with E-state index >= 15 is 0 Å². The predicted molar refractivity (Wildman–Crippen MR) is 108 cm³/mol. The van der Waals surface area contributed by atoms with E-state index in [1.807, 2.05) is 0 Å². The predicted octanol–water partition coefficient (Wildman–Crippen LogP) is 3.48. The molecule has 0 radical (unpaired) electrons. The third-order valence-corrected chi connectivity index (χ3v) is 5.53. The van der Waals surface area contributed by atoms with Gasteiger partial charge in [-0.1, -0.05) is 11.6 Å². The Balaban J connectivity index is 1.77. The van der Waals surface area contributed by atoms with Gasteiger partial charge in [-0.2, -0.15) is 13.2 Å². The number of nitrogens with one attached hydrogen (secondary N) is 1. The van der Waals surface area contributed by atoms with Gasteiger partial charge in [0.05, 0.1) is 23.1 Å². The lowest BCUT2D eigenvalue weighted by molar-refractivity contribution is -0.136. The number of carbonyl (C=O) groups is 2. The van der Waals surface area contributed by atoms with E-state index in [0.29, 0.717) is 6.07 Å². The normalized spacial score (nSPS) is 16.4. The molecule has 3 amide bonds. The number of pyridine rings is 1. The number of hydrogen-bond acceptors (Lipinski definition) is 4. The smallest absolute Gasteiger partial charge is 0.335 e. The highest BCUT2D eigenvalue weighted by molar-refractivity contribution is 6.31. The SMILES string of the molecule is CN(C(=O)C1CNC(=O)N1c1cc(C(F)(F)F)c2c(ncn2C)n1)c1ccc(F)c(Cl)c1F. The molecule has 4 rings (SSSR count). The summed E-state index contributed by atoms with van der Waals surface area (Å²) in [5.41, 5.74) is -2.06. The van der Waals surface area contributed by atoms with Crippen LogP contribution in [0.1, 0.15) is 5.56 Å². The Kier molecular flexibility index (Phi) is 5.39. The molecule has 14 heteroatoms. The Hall–Kier alpha value is -3.48. The zero-order chi connectivity index (χ0) is 24.2. The highest BCUT2D eigenvalue weighted by atomic mass is 35.5. The Morgan fingerprint density at radius 1 is 1.30 bits per heavy atom. The van der Waals surface area contributed by atoms with Crippen molar-refractivity contribution in [1.82, 2.24) is 19.9 Å². The lowest BCUT2D eigenvalue weighted by atomic mass is 10.1. The Morgan fingerprint density at radius 3 is 2.67 bits per heavy atom. The Morgan fingerprint density at radius 2 is 2.00 bits per heavy atom. The number of halogens is 6. The molecule has 8 nitrogen and oxygen atoms in total. The largest absolute Gasteiger partial charge is 0.418 e. The van der Waals surface area contributed by atoms with E-state index in [9.17, 15) is 31.5 Å².